The highest BCUT2D eigenvalue weighted by Gasteiger charge is 2.51. The van der Waals surface area contributed by atoms with E-state index >= 15 is 0 Å². The summed E-state index contributed by atoms with van der Waals surface area (Å²) in [4.78, 5) is 38.6. The molecule has 0 saturated carbocycles. The van der Waals surface area contributed by atoms with Crippen molar-refractivity contribution in [2.45, 2.75) is 32.9 Å². The molecule has 148 valence electrons. The van der Waals surface area contributed by atoms with Crippen LogP contribution in [0.15, 0.2) is 51.0 Å². The van der Waals surface area contributed by atoms with Gasteiger partial charge in [-0.3, -0.25) is 14.5 Å². The molecular weight excluding hydrogens is 444 g/mol. The van der Waals surface area contributed by atoms with Crippen molar-refractivity contribution in [3.05, 3.63) is 56.6 Å². The number of amides is 2. The van der Waals surface area contributed by atoms with Crippen LogP contribution in [0.1, 0.15) is 25.8 Å². The maximum absolute atomic E-state index is 12.8. The number of ether oxygens (including phenoxy) is 1. The molecule has 0 bridgehead atoms. The Kier molecular flexibility index (Phi) is 6.61. The maximum Gasteiger partial charge on any atom is 0.356 e. The Hall–Kier alpha value is -2.06. The van der Waals surface area contributed by atoms with Crippen molar-refractivity contribution in [2.75, 3.05) is 12.3 Å². The van der Waals surface area contributed by atoms with Crippen LogP contribution in [0, 0.1) is 0 Å². The second-order valence-electron chi connectivity index (χ2n) is 6.44. The molecule has 2 amide bonds. The third-order valence-corrected chi connectivity index (χ3v) is 6.21. The van der Waals surface area contributed by atoms with Crippen LogP contribution in [0.3, 0.4) is 0 Å². The van der Waals surface area contributed by atoms with Gasteiger partial charge in [0, 0.05) is 40.6 Å². The largest absolute Gasteiger partial charge is 0.456 e. The van der Waals surface area contributed by atoms with Gasteiger partial charge in [0.15, 0.2) is 0 Å². The SMILES string of the molecule is C/C=C1\C(=O)N2C(C(=O)OCc3ccc(Br)cc3)=C(SCCNC(C)=O)C[C@H]12. The van der Waals surface area contributed by atoms with Crippen LogP contribution in [0.2, 0.25) is 0 Å². The third-order valence-electron chi connectivity index (χ3n) is 4.56. The van der Waals surface area contributed by atoms with Gasteiger partial charge in [0.1, 0.15) is 12.3 Å². The Bertz CT molecular complexity index is 863. The number of rotatable bonds is 7. The third kappa shape index (κ3) is 4.33. The fourth-order valence-corrected chi connectivity index (χ4v) is 4.52. The number of carbonyl (C=O) groups is 3. The molecule has 2 aliphatic rings. The van der Waals surface area contributed by atoms with E-state index in [4.69, 9.17) is 4.74 Å². The zero-order valence-corrected chi connectivity index (χ0v) is 18.1. The lowest BCUT2D eigenvalue weighted by atomic mass is 9.94. The number of benzene rings is 1. The molecule has 1 atom stereocenters. The molecule has 1 N–H and O–H groups in total. The number of halogens is 1. The number of nitrogens with one attached hydrogen (secondary N) is 1. The number of thioether (sulfide) groups is 1. The van der Waals surface area contributed by atoms with Gasteiger partial charge in [-0.2, -0.15) is 0 Å². The minimum atomic E-state index is -0.490. The van der Waals surface area contributed by atoms with E-state index in [0.717, 1.165) is 20.5 Å². The maximum atomic E-state index is 12.8. The summed E-state index contributed by atoms with van der Waals surface area (Å²) < 4.78 is 6.44. The van der Waals surface area contributed by atoms with E-state index in [0.29, 0.717) is 24.4 Å². The molecule has 8 heteroatoms. The first-order valence-corrected chi connectivity index (χ1v) is 10.7. The number of carbonyl (C=O) groups excluding carboxylic acids is 3. The molecule has 0 aliphatic carbocycles. The molecule has 28 heavy (non-hydrogen) atoms. The van der Waals surface area contributed by atoms with E-state index < -0.39 is 5.97 Å². The molecule has 0 spiro atoms. The molecule has 1 fully saturated rings. The summed E-state index contributed by atoms with van der Waals surface area (Å²) in [5.74, 6) is -0.0972. The minimum absolute atomic E-state index is 0.0870. The Morgan fingerprint density at radius 3 is 2.71 bits per heavy atom. The van der Waals surface area contributed by atoms with Gasteiger partial charge < -0.3 is 10.1 Å². The van der Waals surface area contributed by atoms with Crippen LogP contribution in [0.4, 0.5) is 0 Å². The lowest BCUT2D eigenvalue weighted by Gasteiger charge is -2.38. The minimum Gasteiger partial charge on any atom is -0.456 e. The van der Waals surface area contributed by atoms with Crippen LogP contribution in [0.25, 0.3) is 0 Å². The lowest BCUT2D eigenvalue weighted by Crippen LogP contribution is -2.52. The molecule has 0 aromatic heterocycles. The summed E-state index contributed by atoms with van der Waals surface area (Å²) in [7, 11) is 0. The molecular formula is C20H21BrN2O4S. The fraction of sp³-hybridized carbons (Fsp3) is 0.350. The first kappa shape index (κ1) is 20.7. The molecule has 2 aliphatic heterocycles. The van der Waals surface area contributed by atoms with Crippen LogP contribution in [0.5, 0.6) is 0 Å². The Morgan fingerprint density at radius 1 is 1.36 bits per heavy atom. The van der Waals surface area contributed by atoms with Crippen LogP contribution in [-0.2, 0) is 25.7 Å². The fourth-order valence-electron chi connectivity index (χ4n) is 3.22. The van der Waals surface area contributed by atoms with Crippen molar-refractivity contribution >= 4 is 45.5 Å². The summed E-state index contributed by atoms with van der Waals surface area (Å²) >= 11 is 4.86. The second-order valence-corrected chi connectivity index (χ2v) is 8.55. The molecule has 1 aromatic carbocycles. The summed E-state index contributed by atoms with van der Waals surface area (Å²) in [6.45, 7) is 3.94. The van der Waals surface area contributed by atoms with Crippen molar-refractivity contribution in [3.63, 3.8) is 0 Å². The first-order valence-electron chi connectivity index (χ1n) is 8.94. The summed E-state index contributed by atoms with van der Waals surface area (Å²) in [5, 5.41) is 2.74. The molecule has 6 nitrogen and oxygen atoms in total. The van der Waals surface area contributed by atoms with E-state index in [1.54, 1.807) is 11.0 Å². The summed E-state index contributed by atoms with van der Waals surface area (Å²) in [6, 6.07) is 7.43. The van der Waals surface area contributed by atoms with Gasteiger partial charge in [-0.15, -0.1) is 11.8 Å². The molecule has 3 rings (SSSR count). The van der Waals surface area contributed by atoms with Crippen molar-refractivity contribution in [1.29, 1.82) is 0 Å². The number of allylic oxidation sites excluding steroid dienone is 1. The highest BCUT2D eigenvalue weighted by molar-refractivity contribution is 9.10. The number of hydrogen-bond donors (Lipinski definition) is 1. The van der Waals surface area contributed by atoms with E-state index in [2.05, 4.69) is 21.2 Å². The summed E-state index contributed by atoms with van der Waals surface area (Å²) in [6.07, 6.45) is 2.41. The Labute approximate surface area is 176 Å². The van der Waals surface area contributed by atoms with Gasteiger partial charge in [0.05, 0.1) is 6.04 Å². The molecule has 0 radical (unpaired) electrons. The number of nitrogens with zero attached hydrogens (tertiary/aromatic N) is 1. The topological polar surface area (TPSA) is 75.7 Å². The van der Waals surface area contributed by atoms with Crippen molar-refractivity contribution < 1.29 is 19.1 Å². The van der Waals surface area contributed by atoms with Crippen LogP contribution in [-0.4, -0.2) is 41.0 Å². The number of esters is 1. The van der Waals surface area contributed by atoms with Crippen molar-refractivity contribution in [1.82, 2.24) is 10.2 Å². The Morgan fingerprint density at radius 2 is 2.07 bits per heavy atom. The molecule has 1 saturated heterocycles. The predicted octanol–water partition coefficient (Wildman–Crippen LogP) is 3.13. The zero-order chi connectivity index (χ0) is 20.3. The Balaban J connectivity index is 1.70. The van der Waals surface area contributed by atoms with E-state index in [1.165, 1.54) is 18.7 Å². The summed E-state index contributed by atoms with van der Waals surface area (Å²) in [5.41, 5.74) is 1.94. The smallest absolute Gasteiger partial charge is 0.356 e. The highest BCUT2D eigenvalue weighted by Crippen LogP contribution is 2.45. The average molecular weight is 465 g/mol. The van der Waals surface area contributed by atoms with Gasteiger partial charge in [0.2, 0.25) is 5.91 Å². The predicted molar refractivity (Wildman–Crippen MR) is 111 cm³/mol. The number of β-lactam (4-membered cyclic amide) rings is 1. The van der Waals surface area contributed by atoms with Crippen molar-refractivity contribution in [2.24, 2.45) is 0 Å². The normalized spacial score (nSPS) is 19.5. The van der Waals surface area contributed by atoms with Gasteiger partial charge in [0.25, 0.3) is 5.91 Å². The van der Waals surface area contributed by atoms with Gasteiger partial charge in [-0.25, -0.2) is 4.79 Å². The molecule has 2 heterocycles. The molecule has 1 aromatic rings. The van der Waals surface area contributed by atoms with E-state index in [1.807, 2.05) is 31.2 Å². The van der Waals surface area contributed by atoms with Crippen LogP contribution >= 0.6 is 27.7 Å². The monoisotopic (exact) mass is 464 g/mol. The highest BCUT2D eigenvalue weighted by atomic mass is 79.9. The first-order chi connectivity index (χ1) is 13.4. The number of fused-ring (bicyclic) bond motifs is 1. The van der Waals surface area contributed by atoms with Crippen molar-refractivity contribution in [3.8, 4) is 0 Å². The van der Waals surface area contributed by atoms with Gasteiger partial charge >= 0.3 is 5.97 Å². The van der Waals surface area contributed by atoms with Crippen LogP contribution < -0.4 is 5.32 Å². The zero-order valence-electron chi connectivity index (χ0n) is 15.7. The lowest BCUT2D eigenvalue weighted by molar-refractivity contribution is -0.147. The quantitative estimate of drug-likeness (QED) is 0.290. The van der Waals surface area contributed by atoms with Gasteiger partial charge in [-0.05, 0) is 24.6 Å². The van der Waals surface area contributed by atoms with E-state index in [9.17, 15) is 14.4 Å². The molecule has 0 unspecified atom stereocenters. The second kappa shape index (κ2) is 8.96. The average Bonchev–Trinajstić information content (AvgIpc) is 2.99. The standard InChI is InChI=1S/C20H21BrN2O4S/c1-3-15-16-10-17(28-9-8-22-12(2)24)18(23(16)19(15)25)20(26)27-11-13-4-6-14(21)7-5-13/h3-7,16H,8-11H2,1-2H3,(H,22,24)/b15-3-/t16-/m1/s1. The van der Waals surface area contributed by atoms with E-state index in [-0.39, 0.29) is 24.5 Å². The number of hydrogen-bond acceptors (Lipinski definition) is 5. The van der Waals surface area contributed by atoms with Gasteiger partial charge in [-0.1, -0.05) is 34.1 Å².